The molecule has 1 saturated heterocycles. The summed E-state index contributed by atoms with van der Waals surface area (Å²) in [7, 11) is 0. The molecule has 0 radical (unpaired) electrons. The first kappa shape index (κ1) is 23.0. The minimum Gasteiger partial charge on any atom is -0.444 e. The Bertz CT molecular complexity index is 824. The van der Waals surface area contributed by atoms with Crippen LogP contribution in [0.4, 0.5) is 4.79 Å². The molecule has 2 aromatic rings. The lowest BCUT2D eigenvalue weighted by Crippen LogP contribution is -2.53. The van der Waals surface area contributed by atoms with E-state index in [4.69, 9.17) is 10.5 Å². The van der Waals surface area contributed by atoms with Gasteiger partial charge in [-0.25, -0.2) is 14.5 Å². The highest BCUT2D eigenvalue weighted by Gasteiger charge is 2.26. The highest BCUT2D eigenvalue weighted by molar-refractivity contribution is 14.0. The Morgan fingerprint density at radius 3 is 2.41 bits per heavy atom. The average Bonchev–Trinajstić information content (AvgIpc) is 3.19. The van der Waals surface area contributed by atoms with Crippen LogP contribution in [0.25, 0.3) is 5.69 Å². The maximum absolute atomic E-state index is 12.2. The van der Waals surface area contributed by atoms with Gasteiger partial charge in [0, 0.05) is 38.6 Å². The normalized spacial score (nSPS) is 15.1. The molecule has 0 atom stereocenters. The van der Waals surface area contributed by atoms with E-state index >= 15 is 0 Å². The molecule has 1 aromatic carbocycles. The first-order valence-electron chi connectivity index (χ1n) is 9.44. The minimum atomic E-state index is -0.489. The number of amides is 1. The predicted octanol–water partition coefficient (Wildman–Crippen LogP) is 2.86. The second kappa shape index (κ2) is 9.95. The summed E-state index contributed by atoms with van der Waals surface area (Å²) in [6.07, 6.45) is 3.37. The molecule has 1 aliphatic rings. The van der Waals surface area contributed by atoms with Crippen LogP contribution in [0.5, 0.6) is 0 Å². The van der Waals surface area contributed by atoms with E-state index in [-0.39, 0.29) is 30.1 Å². The van der Waals surface area contributed by atoms with Crippen LogP contribution in [0.1, 0.15) is 26.3 Å². The molecule has 0 spiro atoms. The summed E-state index contributed by atoms with van der Waals surface area (Å²) >= 11 is 0. The molecule has 8 nitrogen and oxygen atoms in total. The summed E-state index contributed by atoms with van der Waals surface area (Å²) in [5.41, 5.74) is 7.75. The maximum atomic E-state index is 12.2. The number of rotatable bonds is 3. The third kappa shape index (κ3) is 6.34. The van der Waals surface area contributed by atoms with Gasteiger partial charge in [-0.05, 0) is 38.5 Å². The van der Waals surface area contributed by atoms with Gasteiger partial charge in [0.2, 0.25) is 0 Å². The van der Waals surface area contributed by atoms with E-state index < -0.39 is 5.60 Å². The third-order valence-corrected chi connectivity index (χ3v) is 4.41. The number of nitrogens with two attached hydrogens (primary N) is 1. The summed E-state index contributed by atoms with van der Waals surface area (Å²) in [4.78, 5) is 20.4. The number of hydrogen-bond donors (Lipinski definition) is 1. The van der Waals surface area contributed by atoms with Gasteiger partial charge in [-0.15, -0.1) is 24.0 Å². The van der Waals surface area contributed by atoms with E-state index in [2.05, 4.69) is 10.1 Å². The van der Waals surface area contributed by atoms with E-state index in [1.54, 1.807) is 11.1 Å². The van der Waals surface area contributed by atoms with Gasteiger partial charge in [0.1, 0.15) is 5.60 Å². The smallest absolute Gasteiger partial charge is 0.410 e. The van der Waals surface area contributed by atoms with Gasteiger partial charge in [0.25, 0.3) is 0 Å². The lowest BCUT2D eigenvalue weighted by Gasteiger charge is -2.36. The Labute approximate surface area is 188 Å². The zero-order chi connectivity index (χ0) is 20.1. The van der Waals surface area contributed by atoms with Gasteiger partial charge in [0.15, 0.2) is 5.96 Å². The summed E-state index contributed by atoms with van der Waals surface area (Å²) in [6.45, 7) is 8.47. The van der Waals surface area contributed by atoms with Crippen molar-refractivity contribution in [1.29, 1.82) is 0 Å². The predicted molar refractivity (Wildman–Crippen MR) is 124 cm³/mol. The van der Waals surface area contributed by atoms with Crippen molar-refractivity contribution < 1.29 is 9.53 Å². The number of aliphatic imine (C=N–C) groups is 1. The van der Waals surface area contributed by atoms with Gasteiger partial charge < -0.3 is 20.3 Å². The Hall–Kier alpha value is -2.30. The molecule has 0 unspecified atom stereocenters. The van der Waals surface area contributed by atoms with E-state index in [9.17, 15) is 4.79 Å². The van der Waals surface area contributed by atoms with E-state index in [1.165, 1.54) is 0 Å². The summed E-state index contributed by atoms with van der Waals surface area (Å²) in [5, 5.41) is 4.29. The molecule has 1 aliphatic heterocycles. The number of guanidine groups is 1. The van der Waals surface area contributed by atoms with Crippen LogP contribution >= 0.6 is 24.0 Å². The maximum Gasteiger partial charge on any atom is 0.410 e. The molecule has 1 amide bonds. The lowest BCUT2D eigenvalue weighted by molar-refractivity contribution is 0.0186. The Kier molecular flexibility index (Phi) is 7.88. The number of aromatic nitrogens is 2. The third-order valence-electron chi connectivity index (χ3n) is 4.41. The molecule has 0 bridgehead atoms. The topological polar surface area (TPSA) is 89.0 Å². The van der Waals surface area contributed by atoms with Gasteiger partial charge >= 0.3 is 6.09 Å². The number of carbonyl (C=O) groups is 1. The zero-order valence-corrected chi connectivity index (χ0v) is 19.4. The SMILES string of the molecule is CC(C)(C)OC(=O)N1CCN(C(N)=NCc2ccccc2-n2cccn2)CC1.I. The van der Waals surface area contributed by atoms with Crippen LogP contribution in [0, 0.1) is 0 Å². The number of carbonyl (C=O) groups excluding carboxylic acids is 1. The molecule has 3 rings (SSSR count). The van der Waals surface area contributed by atoms with Crippen molar-refractivity contribution in [3.63, 3.8) is 0 Å². The Morgan fingerprint density at radius 1 is 1.14 bits per heavy atom. The number of piperazine rings is 1. The standard InChI is InChI=1S/C20H28N6O2.HI/c1-20(2,3)28-19(27)25-13-11-24(12-14-25)18(21)22-15-16-7-4-5-8-17(16)26-10-6-9-23-26;/h4-10H,11-15H2,1-3H3,(H2,21,22);1H. The fourth-order valence-corrected chi connectivity index (χ4v) is 2.99. The van der Waals surface area contributed by atoms with Crippen LogP contribution in [-0.4, -0.2) is 63.4 Å². The van der Waals surface area contributed by atoms with Gasteiger partial charge in [0.05, 0.1) is 12.2 Å². The number of nitrogens with zero attached hydrogens (tertiary/aromatic N) is 5. The van der Waals surface area contributed by atoms with Crippen molar-refractivity contribution in [3.05, 3.63) is 48.3 Å². The highest BCUT2D eigenvalue weighted by atomic mass is 127. The van der Waals surface area contributed by atoms with Crippen molar-refractivity contribution in [2.45, 2.75) is 32.9 Å². The molecule has 0 aliphatic carbocycles. The molecule has 2 heterocycles. The fourth-order valence-electron chi connectivity index (χ4n) is 2.99. The fraction of sp³-hybridized carbons (Fsp3) is 0.450. The van der Waals surface area contributed by atoms with Crippen molar-refractivity contribution in [2.24, 2.45) is 10.7 Å². The summed E-state index contributed by atoms with van der Waals surface area (Å²) in [5.74, 6) is 0.485. The van der Waals surface area contributed by atoms with Crippen LogP contribution < -0.4 is 5.73 Å². The molecule has 1 fully saturated rings. The molecule has 29 heavy (non-hydrogen) atoms. The van der Waals surface area contributed by atoms with Crippen LogP contribution in [0.15, 0.2) is 47.7 Å². The largest absolute Gasteiger partial charge is 0.444 e. The number of para-hydroxylation sites is 1. The van der Waals surface area contributed by atoms with Crippen molar-refractivity contribution in [1.82, 2.24) is 19.6 Å². The van der Waals surface area contributed by atoms with Crippen molar-refractivity contribution in [2.75, 3.05) is 26.2 Å². The molecular weight excluding hydrogens is 483 g/mol. The van der Waals surface area contributed by atoms with E-state index in [1.807, 2.05) is 66.9 Å². The van der Waals surface area contributed by atoms with Gasteiger partial charge in [-0.2, -0.15) is 5.10 Å². The molecule has 0 saturated carbocycles. The van der Waals surface area contributed by atoms with Crippen molar-refractivity contribution in [3.8, 4) is 5.69 Å². The Balaban J connectivity index is 0.00000300. The van der Waals surface area contributed by atoms with Gasteiger partial charge in [-0.1, -0.05) is 18.2 Å². The number of hydrogen-bond acceptors (Lipinski definition) is 4. The second-order valence-corrected chi connectivity index (χ2v) is 7.71. The molecule has 158 valence electrons. The number of halogens is 1. The second-order valence-electron chi connectivity index (χ2n) is 7.71. The van der Waals surface area contributed by atoms with E-state index in [0.29, 0.717) is 38.7 Å². The molecule has 9 heteroatoms. The average molecular weight is 512 g/mol. The molecule has 2 N–H and O–H groups in total. The first-order chi connectivity index (χ1) is 13.3. The first-order valence-corrected chi connectivity index (χ1v) is 9.44. The summed E-state index contributed by atoms with van der Waals surface area (Å²) in [6, 6.07) is 9.87. The Morgan fingerprint density at radius 2 is 1.79 bits per heavy atom. The van der Waals surface area contributed by atoms with Crippen LogP contribution in [0.3, 0.4) is 0 Å². The van der Waals surface area contributed by atoms with Crippen molar-refractivity contribution >= 4 is 36.0 Å². The van der Waals surface area contributed by atoms with Crippen LogP contribution in [-0.2, 0) is 11.3 Å². The van der Waals surface area contributed by atoms with E-state index in [0.717, 1.165) is 11.3 Å². The highest BCUT2D eigenvalue weighted by Crippen LogP contribution is 2.15. The molecule has 1 aromatic heterocycles. The summed E-state index contributed by atoms with van der Waals surface area (Å²) < 4.78 is 7.25. The quantitative estimate of drug-likeness (QED) is 0.388. The lowest BCUT2D eigenvalue weighted by atomic mass is 10.2. The monoisotopic (exact) mass is 512 g/mol. The number of ether oxygens (including phenoxy) is 1. The van der Waals surface area contributed by atoms with Gasteiger partial charge in [-0.3, -0.25) is 0 Å². The van der Waals surface area contributed by atoms with Crippen LogP contribution in [0.2, 0.25) is 0 Å². The molecular formula is C20H29IN6O2. The number of benzene rings is 1. The minimum absolute atomic E-state index is 0. The zero-order valence-electron chi connectivity index (χ0n) is 17.1.